The Hall–Kier alpha value is -0.790. The Morgan fingerprint density at radius 3 is 2.38 bits per heavy atom. The van der Waals surface area contributed by atoms with Crippen LogP contribution in [-0.2, 0) is 16.2 Å². The van der Waals surface area contributed by atoms with Crippen molar-refractivity contribution >= 4 is 21.6 Å². The molecule has 0 saturated carbocycles. The SMILES string of the molecule is CCN(CCCCl)S(=O)(=O)c1cccc(C(F)(F)F)c1C. The molecule has 0 spiro atoms. The van der Waals surface area contributed by atoms with Gasteiger partial charge in [-0.25, -0.2) is 8.42 Å². The number of alkyl halides is 4. The van der Waals surface area contributed by atoms with Gasteiger partial charge in [0.05, 0.1) is 10.5 Å². The minimum absolute atomic E-state index is 0.176. The molecule has 0 bridgehead atoms. The predicted octanol–water partition coefficient (Wildman–Crippen LogP) is 3.65. The molecule has 0 aliphatic carbocycles. The van der Waals surface area contributed by atoms with Gasteiger partial charge in [-0.1, -0.05) is 13.0 Å². The minimum atomic E-state index is -4.58. The van der Waals surface area contributed by atoms with Crippen LogP contribution in [0.3, 0.4) is 0 Å². The molecule has 0 heterocycles. The summed E-state index contributed by atoms with van der Waals surface area (Å²) in [6.07, 6.45) is -4.14. The minimum Gasteiger partial charge on any atom is -0.207 e. The first kappa shape index (κ1) is 18.3. The number of benzene rings is 1. The van der Waals surface area contributed by atoms with Gasteiger partial charge in [-0.2, -0.15) is 17.5 Å². The fourth-order valence-electron chi connectivity index (χ4n) is 2.02. The summed E-state index contributed by atoms with van der Waals surface area (Å²) < 4.78 is 64.7. The molecule has 0 fully saturated rings. The van der Waals surface area contributed by atoms with E-state index >= 15 is 0 Å². The first-order chi connectivity index (χ1) is 9.66. The highest BCUT2D eigenvalue weighted by Crippen LogP contribution is 2.34. The zero-order chi connectivity index (χ0) is 16.3. The van der Waals surface area contributed by atoms with Crippen molar-refractivity contribution in [2.75, 3.05) is 19.0 Å². The highest BCUT2D eigenvalue weighted by Gasteiger charge is 2.35. The van der Waals surface area contributed by atoms with Crippen LogP contribution in [0.1, 0.15) is 24.5 Å². The van der Waals surface area contributed by atoms with Crippen molar-refractivity contribution in [3.05, 3.63) is 29.3 Å². The molecule has 0 aromatic heterocycles. The van der Waals surface area contributed by atoms with Crippen molar-refractivity contribution in [1.82, 2.24) is 4.31 Å². The maximum absolute atomic E-state index is 12.9. The van der Waals surface area contributed by atoms with E-state index in [9.17, 15) is 21.6 Å². The molecule has 3 nitrogen and oxygen atoms in total. The van der Waals surface area contributed by atoms with E-state index < -0.39 is 21.8 Å². The molecule has 0 saturated heterocycles. The summed E-state index contributed by atoms with van der Waals surface area (Å²) in [5, 5.41) is 0. The second-order valence-electron chi connectivity index (χ2n) is 4.47. The first-order valence-electron chi connectivity index (χ1n) is 6.39. The molecule has 1 aromatic carbocycles. The molecule has 8 heteroatoms. The van der Waals surface area contributed by atoms with Gasteiger partial charge in [0.15, 0.2) is 0 Å². The number of rotatable bonds is 6. The van der Waals surface area contributed by atoms with E-state index in [1.165, 1.54) is 13.0 Å². The van der Waals surface area contributed by atoms with E-state index in [2.05, 4.69) is 0 Å². The maximum atomic E-state index is 12.9. The van der Waals surface area contributed by atoms with E-state index in [1.54, 1.807) is 6.92 Å². The van der Waals surface area contributed by atoms with Crippen LogP contribution in [0.4, 0.5) is 13.2 Å². The molecule has 1 rings (SSSR count). The van der Waals surface area contributed by atoms with Crippen LogP contribution in [-0.4, -0.2) is 31.7 Å². The zero-order valence-corrected chi connectivity index (χ0v) is 13.3. The van der Waals surface area contributed by atoms with Crippen molar-refractivity contribution in [3.63, 3.8) is 0 Å². The van der Waals surface area contributed by atoms with Gasteiger partial charge in [0, 0.05) is 19.0 Å². The lowest BCUT2D eigenvalue weighted by Crippen LogP contribution is -2.32. The summed E-state index contributed by atoms with van der Waals surface area (Å²) in [6.45, 7) is 3.16. The molecule has 0 amide bonds. The molecular formula is C13H17ClF3NO2S. The van der Waals surface area contributed by atoms with Gasteiger partial charge in [-0.05, 0) is 31.0 Å². The van der Waals surface area contributed by atoms with E-state index in [0.29, 0.717) is 6.42 Å². The van der Waals surface area contributed by atoms with E-state index in [-0.39, 0.29) is 29.4 Å². The van der Waals surface area contributed by atoms with Crippen molar-refractivity contribution in [2.24, 2.45) is 0 Å². The lowest BCUT2D eigenvalue weighted by Gasteiger charge is -2.22. The Kier molecular flexibility index (Phi) is 6.07. The summed E-state index contributed by atoms with van der Waals surface area (Å²) in [5.41, 5.74) is -1.22. The Balaban J connectivity index is 3.32. The summed E-state index contributed by atoms with van der Waals surface area (Å²) in [4.78, 5) is -0.311. The number of nitrogens with zero attached hydrogens (tertiary/aromatic N) is 1. The van der Waals surface area contributed by atoms with Crippen LogP contribution in [0.2, 0.25) is 0 Å². The quantitative estimate of drug-likeness (QED) is 0.739. The molecular weight excluding hydrogens is 327 g/mol. The Morgan fingerprint density at radius 2 is 1.90 bits per heavy atom. The lowest BCUT2D eigenvalue weighted by atomic mass is 10.1. The average Bonchev–Trinajstić information content (AvgIpc) is 2.38. The Morgan fingerprint density at radius 1 is 1.29 bits per heavy atom. The average molecular weight is 344 g/mol. The molecule has 120 valence electrons. The highest BCUT2D eigenvalue weighted by atomic mass is 35.5. The second kappa shape index (κ2) is 6.98. The van der Waals surface area contributed by atoms with Crippen LogP contribution >= 0.6 is 11.6 Å². The third-order valence-electron chi connectivity index (χ3n) is 3.10. The third kappa shape index (κ3) is 4.11. The van der Waals surface area contributed by atoms with Gasteiger partial charge in [-0.3, -0.25) is 0 Å². The topological polar surface area (TPSA) is 37.4 Å². The molecule has 0 radical (unpaired) electrons. The monoisotopic (exact) mass is 343 g/mol. The molecule has 0 aliphatic rings. The van der Waals surface area contributed by atoms with Gasteiger partial charge in [-0.15, -0.1) is 11.6 Å². The van der Waals surface area contributed by atoms with Crippen LogP contribution in [0.5, 0.6) is 0 Å². The predicted molar refractivity (Wildman–Crippen MR) is 76.0 cm³/mol. The maximum Gasteiger partial charge on any atom is 0.416 e. The van der Waals surface area contributed by atoms with E-state index in [0.717, 1.165) is 16.4 Å². The molecule has 0 atom stereocenters. The van der Waals surface area contributed by atoms with Crippen molar-refractivity contribution < 1.29 is 21.6 Å². The molecule has 21 heavy (non-hydrogen) atoms. The molecule has 0 unspecified atom stereocenters. The van der Waals surface area contributed by atoms with Crippen molar-refractivity contribution in [1.29, 1.82) is 0 Å². The third-order valence-corrected chi connectivity index (χ3v) is 5.49. The summed E-state index contributed by atoms with van der Waals surface area (Å²) in [7, 11) is -3.96. The van der Waals surface area contributed by atoms with Gasteiger partial charge in [0.25, 0.3) is 0 Å². The van der Waals surface area contributed by atoms with Crippen LogP contribution < -0.4 is 0 Å². The fraction of sp³-hybridized carbons (Fsp3) is 0.538. The van der Waals surface area contributed by atoms with Crippen LogP contribution in [0.15, 0.2) is 23.1 Å². The number of hydrogen-bond acceptors (Lipinski definition) is 2. The number of halogens is 4. The van der Waals surface area contributed by atoms with Crippen molar-refractivity contribution in [2.45, 2.75) is 31.3 Å². The van der Waals surface area contributed by atoms with Gasteiger partial charge >= 0.3 is 6.18 Å². The van der Waals surface area contributed by atoms with Crippen LogP contribution in [0.25, 0.3) is 0 Å². The normalized spacial score (nSPS) is 12.9. The highest BCUT2D eigenvalue weighted by molar-refractivity contribution is 7.89. The lowest BCUT2D eigenvalue weighted by molar-refractivity contribution is -0.138. The van der Waals surface area contributed by atoms with Gasteiger partial charge in [0.2, 0.25) is 10.0 Å². The van der Waals surface area contributed by atoms with Crippen molar-refractivity contribution in [3.8, 4) is 0 Å². The van der Waals surface area contributed by atoms with Gasteiger partial charge in [0.1, 0.15) is 0 Å². The number of sulfonamides is 1. The zero-order valence-electron chi connectivity index (χ0n) is 11.7. The summed E-state index contributed by atoms with van der Waals surface area (Å²) in [6, 6.07) is 3.19. The largest absolute Gasteiger partial charge is 0.416 e. The summed E-state index contributed by atoms with van der Waals surface area (Å²) in [5.74, 6) is 0.285. The molecule has 1 aromatic rings. The summed E-state index contributed by atoms with van der Waals surface area (Å²) >= 11 is 5.54. The second-order valence-corrected chi connectivity index (χ2v) is 6.75. The smallest absolute Gasteiger partial charge is 0.207 e. The Bertz CT molecular complexity index is 588. The van der Waals surface area contributed by atoms with E-state index in [4.69, 9.17) is 11.6 Å². The van der Waals surface area contributed by atoms with E-state index in [1.807, 2.05) is 0 Å². The fourth-order valence-corrected chi connectivity index (χ4v) is 3.88. The number of hydrogen-bond donors (Lipinski definition) is 0. The first-order valence-corrected chi connectivity index (χ1v) is 8.36. The Labute approximate surface area is 127 Å². The molecule has 0 N–H and O–H groups in total. The standard InChI is InChI=1S/C13H17ClF3NO2S/c1-3-18(9-5-8-14)21(19,20)12-7-4-6-11(10(12)2)13(15,16)17/h4,6-7H,3,5,8-9H2,1-2H3. The van der Waals surface area contributed by atoms with Crippen LogP contribution in [0, 0.1) is 6.92 Å². The molecule has 0 aliphatic heterocycles. The van der Waals surface area contributed by atoms with Gasteiger partial charge < -0.3 is 0 Å².